The standard InChI is InChI=1S/C11H19NOS/c1-11(2,9-13)8-12-5-3-10-4-6-14-7-10/h4,6-7,12-13H,3,5,8-9H2,1-2H3. The number of aliphatic hydroxyl groups excluding tert-OH is 1. The average Bonchev–Trinajstić information content (AvgIpc) is 2.65. The maximum atomic E-state index is 9.04. The molecule has 1 heterocycles. The molecule has 1 rings (SSSR count). The van der Waals surface area contributed by atoms with Gasteiger partial charge in [0.25, 0.3) is 0 Å². The number of aliphatic hydroxyl groups is 1. The molecule has 0 radical (unpaired) electrons. The van der Waals surface area contributed by atoms with E-state index in [1.54, 1.807) is 11.3 Å². The van der Waals surface area contributed by atoms with Crippen molar-refractivity contribution in [3.8, 4) is 0 Å². The molecule has 2 nitrogen and oxygen atoms in total. The molecule has 0 aliphatic rings. The number of thiophene rings is 1. The summed E-state index contributed by atoms with van der Waals surface area (Å²) in [5.41, 5.74) is 1.39. The predicted molar refractivity (Wildman–Crippen MR) is 61.8 cm³/mol. The molecule has 0 saturated heterocycles. The zero-order valence-corrected chi connectivity index (χ0v) is 9.73. The molecule has 0 atom stereocenters. The summed E-state index contributed by atoms with van der Waals surface area (Å²) in [6.07, 6.45) is 1.07. The molecule has 0 aliphatic heterocycles. The Bertz CT molecular complexity index is 244. The summed E-state index contributed by atoms with van der Waals surface area (Å²) in [6.45, 7) is 6.21. The van der Waals surface area contributed by atoms with Gasteiger partial charge < -0.3 is 10.4 Å². The van der Waals surface area contributed by atoms with Crippen LogP contribution in [-0.2, 0) is 6.42 Å². The lowest BCUT2D eigenvalue weighted by Crippen LogP contribution is -2.33. The van der Waals surface area contributed by atoms with Gasteiger partial charge in [-0.25, -0.2) is 0 Å². The Balaban J connectivity index is 2.11. The molecule has 0 aromatic carbocycles. The van der Waals surface area contributed by atoms with Crippen molar-refractivity contribution < 1.29 is 5.11 Å². The molecule has 0 saturated carbocycles. The van der Waals surface area contributed by atoms with Crippen molar-refractivity contribution in [3.05, 3.63) is 22.4 Å². The molecule has 0 unspecified atom stereocenters. The Labute approximate surface area is 90.0 Å². The first kappa shape index (κ1) is 11.7. The Morgan fingerprint density at radius 2 is 2.29 bits per heavy atom. The van der Waals surface area contributed by atoms with Crippen LogP contribution in [0, 0.1) is 5.41 Å². The average molecular weight is 213 g/mol. The second-order valence-electron chi connectivity index (χ2n) is 4.38. The fraction of sp³-hybridized carbons (Fsp3) is 0.636. The second-order valence-corrected chi connectivity index (χ2v) is 5.16. The molecule has 80 valence electrons. The fourth-order valence-corrected chi connectivity index (χ4v) is 1.85. The third-order valence-corrected chi connectivity index (χ3v) is 2.93. The minimum atomic E-state index is -0.00531. The summed E-state index contributed by atoms with van der Waals surface area (Å²) < 4.78 is 0. The van der Waals surface area contributed by atoms with Gasteiger partial charge in [0.1, 0.15) is 0 Å². The van der Waals surface area contributed by atoms with Crippen LogP contribution in [-0.4, -0.2) is 24.8 Å². The molecule has 1 aromatic heterocycles. The molecular weight excluding hydrogens is 194 g/mol. The molecule has 0 aliphatic carbocycles. The molecule has 14 heavy (non-hydrogen) atoms. The summed E-state index contributed by atoms with van der Waals surface area (Å²) in [5.74, 6) is 0. The van der Waals surface area contributed by atoms with Crippen molar-refractivity contribution in [2.45, 2.75) is 20.3 Å². The van der Waals surface area contributed by atoms with E-state index in [9.17, 15) is 0 Å². The van der Waals surface area contributed by atoms with Crippen LogP contribution in [0.1, 0.15) is 19.4 Å². The monoisotopic (exact) mass is 213 g/mol. The van der Waals surface area contributed by atoms with Gasteiger partial charge in [0, 0.05) is 18.6 Å². The van der Waals surface area contributed by atoms with E-state index in [-0.39, 0.29) is 12.0 Å². The molecule has 0 spiro atoms. The molecular formula is C11H19NOS. The smallest absolute Gasteiger partial charge is 0.0494 e. The van der Waals surface area contributed by atoms with Crippen molar-refractivity contribution in [1.29, 1.82) is 0 Å². The lowest BCUT2D eigenvalue weighted by molar-refractivity contribution is 0.157. The van der Waals surface area contributed by atoms with Crippen molar-refractivity contribution >= 4 is 11.3 Å². The van der Waals surface area contributed by atoms with Gasteiger partial charge in [0.2, 0.25) is 0 Å². The topological polar surface area (TPSA) is 32.3 Å². The fourth-order valence-electron chi connectivity index (χ4n) is 1.15. The zero-order chi connectivity index (χ0) is 10.4. The molecule has 2 N–H and O–H groups in total. The summed E-state index contributed by atoms with van der Waals surface area (Å²) in [5, 5.41) is 16.7. The van der Waals surface area contributed by atoms with Crippen molar-refractivity contribution in [1.82, 2.24) is 5.32 Å². The SMILES string of the molecule is CC(C)(CO)CNCCc1ccsc1. The summed E-state index contributed by atoms with van der Waals surface area (Å²) >= 11 is 1.74. The second kappa shape index (κ2) is 5.49. The predicted octanol–water partition coefficient (Wildman–Crippen LogP) is 1.90. The molecule has 0 fully saturated rings. The lowest BCUT2D eigenvalue weighted by Gasteiger charge is -2.21. The van der Waals surface area contributed by atoms with Gasteiger partial charge in [-0.3, -0.25) is 0 Å². The quantitative estimate of drug-likeness (QED) is 0.707. The molecule has 0 amide bonds. The van der Waals surface area contributed by atoms with Gasteiger partial charge in [-0.15, -0.1) is 0 Å². The van der Waals surface area contributed by atoms with Crippen LogP contribution in [0.25, 0.3) is 0 Å². The van der Waals surface area contributed by atoms with Gasteiger partial charge in [-0.1, -0.05) is 13.8 Å². The van der Waals surface area contributed by atoms with Crippen LogP contribution in [0.5, 0.6) is 0 Å². The van der Waals surface area contributed by atoms with Gasteiger partial charge in [-0.05, 0) is 35.4 Å². The van der Waals surface area contributed by atoms with Gasteiger partial charge >= 0.3 is 0 Å². The number of hydrogen-bond acceptors (Lipinski definition) is 3. The Morgan fingerprint density at radius 3 is 2.86 bits per heavy atom. The van der Waals surface area contributed by atoms with Crippen LogP contribution < -0.4 is 5.32 Å². The first-order valence-corrected chi connectivity index (χ1v) is 5.91. The maximum Gasteiger partial charge on any atom is 0.0494 e. The van der Waals surface area contributed by atoms with Gasteiger partial charge in [0.15, 0.2) is 0 Å². The van der Waals surface area contributed by atoms with E-state index in [1.165, 1.54) is 5.56 Å². The highest BCUT2D eigenvalue weighted by atomic mass is 32.1. The Kier molecular flexibility index (Phi) is 4.58. The largest absolute Gasteiger partial charge is 0.396 e. The van der Waals surface area contributed by atoms with E-state index >= 15 is 0 Å². The number of rotatable bonds is 6. The van der Waals surface area contributed by atoms with E-state index in [1.807, 2.05) is 0 Å². The number of hydrogen-bond donors (Lipinski definition) is 2. The van der Waals surface area contributed by atoms with Crippen molar-refractivity contribution in [3.63, 3.8) is 0 Å². The highest BCUT2D eigenvalue weighted by Crippen LogP contribution is 2.11. The van der Waals surface area contributed by atoms with E-state index in [0.717, 1.165) is 19.5 Å². The van der Waals surface area contributed by atoms with Gasteiger partial charge in [0.05, 0.1) is 0 Å². The van der Waals surface area contributed by atoms with E-state index in [0.29, 0.717) is 0 Å². The number of nitrogens with one attached hydrogen (secondary N) is 1. The maximum absolute atomic E-state index is 9.04. The first-order valence-electron chi connectivity index (χ1n) is 4.97. The van der Waals surface area contributed by atoms with Crippen molar-refractivity contribution in [2.75, 3.05) is 19.7 Å². The van der Waals surface area contributed by atoms with Crippen LogP contribution in [0.4, 0.5) is 0 Å². The minimum absolute atomic E-state index is 0.00531. The van der Waals surface area contributed by atoms with E-state index in [4.69, 9.17) is 5.11 Å². The van der Waals surface area contributed by atoms with Crippen LogP contribution >= 0.6 is 11.3 Å². The highest BCUT2D eigenvalue weighted by molar-refractivity contribution is 7.07. The van der Waals surface area contributed by atoms with E-state index in [2.05, 4.69) is 36.0 Å². The van der Waals surface area contributed by atoms with Crippen LogP contribution in [0.2, 0.25) is 0 Å². The van der Waals surface area contributed by atoms with Gasteiger partial charge in [-0.2, -0.15) is 11.3 Å². The normalized spacial score (nSPS) is 11.9. The van der Waals surface area contributed by atoms with Crippen LogP contribution in [0.3, 0.4) is 0 Å². The summed E-state index contributed by atoms with van der Waals surface area (Å²) in [6, 6.07) is 2.16. The lowest BCUT2D eigenvalue weighted by atomic mass is 9.95. The third kappa shape index (κ3) is 4.22. The molecule has 3 heteroatoms. The first-order chi connectivity index (χ1) is 6.64. The van der Waals surface area contributed by atoms with Crippen LogP contribution in [0.15, 0.2) is 16.8 Å². The Morgan fingerprint density at radius 1 is 1.50 bits per heavy atom. The summed E-state index contributed by atoms with van der Waals surface area (Å²) in [7, 11) is 0. The highest BCUT2D eigenvalue weighted by Gasteiger charge is 2.14. The minimum Gasteiger partial charge on any atom is -0.396 e. The zero-order valence-electron chi connectivity index (χ0n) is 8.92. The third-order valence-electron chi connectivity index (χ3n) is 2.20. The molecule has 1 aromatic rings. The molecule has 0 bridgehead atoms. The summed E-state index contributed by atoms with van der Waals surface area (Å²) in [4.78, 5) is 0. The Hall–Kier alpha value is -0.380. The van der Waals surface area contributed by atoms with Crippen molar-refractivity contribution in [2.24, 2.45) is 5.41 Å². The van der Waals surface area contributed by atoms with E-state index < -0.39 is 0 Å².